The molecule has 0 unspecified atom stereocenters. The van der Waals surface area contributed by atoms with Gasteiger partial charge in [-0.25, -0.2) is 24.1 Å². The number of pyridine rings is 1. The number of morpholine rings is 1. The van der Waals surface area contributed by atoms with Crippen molar-refractivity contribution in [3.05, 3.63) is 54.5 Å². The van der Waals surface area contributed by atoms with Crippen molar-refractivity contribution in [1.82, 2.24) is 35.1 Å². The quantitative estimate of drug-likeness (QED) is 0.391. The number of halogens is 1. The first-order valence-corrected chi connectivity index (χ1v) is 11.4. The van der Waals surface area contributed by atoms with Gasteiger partial charge in [0.2, 0.25) is 5.95 Å². The lowest BCUT2D eigenvalue weighted by molar-refractivity contribution is 0.0330. The smallest absolute Gasteiger partial charge is 0.321 e. The summed E-state index contributed by atoms with van der Waals surface area (Å²) in [6, 6.07) is 6.18. The van der Waals surface area contributed by atoms with Crippen molar-refractivity contribution in [2.45, 2.75) is 13.5 Å². The highest BCUT2D eigenvalue weighted by Gasteiger charge is 2.18. The fourth-order valence-corrected chi connectivity index (χ4v) is 3.96. The van der Waals surface area contributed by atoms with Crippen molar-refractivity contribution in [3.63, 3.8) is 0 Å². The maximum Gasteiger partial charge on any atom is 0.321 e. The first kappa shape index (κ1) is 22.8. The Labute approximate surface area is 201 Å². The largest absolute Gasteiger partial charge is 0.379 e. The molecule has 0 atom stereocenters. The molecule has 0 spiro atoms. The average molecular weight is 477 g/mol. The number of carbonyl (C=O) groups is 1. The summed E-state index contributed by atoms with van der Waals surface area (Å²) in [4.78, 5) is 35.1. The number of carbonyl (C=O) groups excluding carboxylic acids is 1. The van der Waals surface area contributed by atoms with E-state index in [0.29, 0.717) is 42.9 Å². The van der Waals surface area contributed by atoms with Crippen molar-refractivity contribution in [2.24, 2.45) is 0 Å². The fraction of sp³-hybridized carbons (Fsp3) is 0.292. The topological polar surface area (TPSA) is 121 Å². The van der Waals surface area contributed by atoms with E-state index in [1.807, 2.05) is 19.1 Å². The van der Waals surface area contributed by atoms with Gasteiger partial charge in [0.1, 0.15) is 22.9 Å². The number of nitrogens with zero attached hydrogens (tertiary/aromatic N) is 5. The highest BCUT2D eigenvalue weighted by atomic mass is 19.1. The van der Waals surface area contributed by atoms with Crippen molar-refractivity contribution in [3.8, 4) is 22.4 Å². The van der Waals surface area contributed by atoms with E-state index in [9.17, 15) is 9.18 Å². The van der Waals surface area contributed by atoms with Gasteiger partial charge in [-0.2, -0.15) is 0 Å². The minimum Gasteiger partial charge on any atom is -0.379 e. The molecule has 0 radical (unpaired) electrons. The number of benzene rings is 1. The van der Waals surface area contributed by atoms with E-state index in [0.717, 1.165) is 30.0 Å². The number of nitrogens with one attached hydrogen (secondary N) is 3. The second-order valence-corrected chi connectivity index (χ2v) is 8.10. The molecule has 1 aliphatic rings. The van der Waals surface area contributed by atoms with Crippen LogP contribution in [0.4, 0.5) is 15.1 Å². The molecule has 180 valence electrons. The number of fused-ring (bicyclic) bond motifs is 1. The SMILES string of the molecule is CCNC(=O)Nc1nc2c(-c3ncccc3F)cc(-c3cnc(CN4CCOCC4)nc3)cc2[nH]1. The van der Waals surface area contributed by atoms with Gasteiger partial charge in [0, 0.05) is 49.4 Å². The van der Waals surface area contributed by atoms with Gasteiger partial charge >= 0.3 is 6.03 Å². The third-order valence-corrected chi connectivity index (χ3v) is 5.68. The molecular formula is C24H25FN8O2. The molecule has 1 aromatic carbocycles. The van der Waals surface area contributed by atoms with Crippen LogP contribution in [0, 0.1) is 5.82 Å². The Bertz CT molecular complexity index is 1340. The Morgan fingerprint density at radius 2 is 1.97 bits per heavy atom. The zero-order chi connectivity index (χ0) is 24.2. The molecule has 5 rings (SSSR count). The monoisotopic (exact) mass is 476 g/mol. The highest BCUT2D eigenvalue weighted by molar-refractivity contribution is 5.98. The van der Waals surface area contributed by atoms with Gasteiger partial charge in [0.05, 0.1) is 25.3 Å². The summed E-state index contributed by atoms with van der Waals surface area (Å²) in [7, 11) is 0. The fourth-order valence-electron chi connectivity index (χ4n) is 3.96. The standard InChI is InChI=1S/C24H25FN8O2/c1-2-26-24(34)32-23-30-19-11-15(10-17(22(19)31-23)21-18(25)4-3-5-27-21)16-12-28-20(29-13-16)14-33-6-8-35-9-7-33/h3-5,10-13H,2,6-9,14H2,1H3,(H3,26,30,31,32,34). The summed E-state index contributed by atoms with van der Waals surface area (Å²) in [5.74, 6) is 0.504. The maximum atomic E-state index is 14.7. The van der Waals surface area contributed by atoms with Crippen LogP contribution >= 0.6 is 0 Å². The van der Waals surface area contributed by atoms with Crippen LogP contribution in [0.25, 0.3) is 33.4 Å². The Morgan fingerprint density at radius 3 is 2.71 bits per heavy atom. The van der Waals surface area contributed by atoms with Crippen molar-refractivity contribution < 1.29 is 13.9 Å². The summed E-state index contributed by atoms with van der Waals surface area (Å²) in [6.07, 6.45) is 5.04. The van der Waals surface area contributed by atoms with Crippen molar-refractivity contribution >= 4 is 23.0 Å². The van der Waals surface area contributed by atoms with Gasteiger partial charge in [0.15, 0.2) is 0 Å². The van der Waals surface area contributed by atoms with Crippen LogP contribution in [0.1, 0.15) is 12.7 Å². The van der Waals surface area contributed by atoms with E-state index < -0.39 is 5.82 Å². The van der Waals surface area contributed by atoms with E-state index in [4.69, 9.17) is 4.74 Å². The Kier molecular flexibility index (Phi) is 6.59. The number of anilines is 1. The molecule has 3 aromatic heterocycles. The van der Waals surface area contributed by atoms with Crippen molar-refractivity contribution in [2.75, 3.05) is 38.2 Å². The number of aromatic amines is 1. The van der Waals surface area contributed by atoms with Crippen LogP contribution in [0.2, 0.25) is 0 Å². The second kappa shape index (κ2) is 10.1. The first-order chi connectivity index (χ1) is 17.1. The zero-order valence-corrected chi connectivity index (χ0v) is 19.2. The molecule has 1 fully saturated rings. The predicted octanol–water partition coefficient (Wildman–Crippen LogP) is 3.19. The van der Waals surface area contributed by atoms with Crippen LogP contribution in [0.15, 0.2) is 42.9 Å². The summed E-state index contributed by atoms with van der Waals surface area (Å²) >= 11 is 0. The average Bonchev–Trinajstić information content (AvgIpc) is 3.27. The first-order valence-electron chi connectivity index (χ1n) is 11.4. The van der Waals surface area contributed by atoms with Gasteiger partial charge in [-0.3, -0.25) is 15.2 Å². The van der Waals surface area contributed by atoms with Crippen LogP contribution in [0.5, 0.6) is 0 Å². The predicted molar refractivity (Wildman–Crippen MR) is 129 cm³/mol. The molecule has 35 heavy (non-hydrogen) atoms. The third-order valence-electron chi connectivity index (χ3n) is 5.68. The molecule has 1 saturated heterocycles. The summed E-state index contributed by atoms with van der Waals surface area (Å²) < 4.78 is 20.1. The lowest BCUT2D eigenvalue weighted by atomic mass is 10.0. The summed E-state index contributed by atoms with van der Waals surface area (Å²) in [6.45, 7) is 6.09. The Balaban J connectivity index is 1.51. The molecule has 4 aromatic rings. The number of ether oxygens (including phenoxy) is 1. The maximum absolute atomic E-state index is 14.7. The number of H-pyrrole nitrogens is 1. The number of amides is 2. The van der Waals surface area contributed by atoms with Gasteiger partial charge in [-0.1, -0.05) is 0 Å². The van der Waals surface area contributed by atoms with E-state index in [2.05, 4.69) is 40.5 Å². The van der Waals surface area contributed by atoms with Crippen LogP contribution in [-0.4, -0.2) is 68.7 Å². The molecular weight excluding hydrogens is 451 g/mol. The molecule has 0 bridgehead atoms. The van der Waals surface area contributed by atoms with E-state index in [-0.39, 0.29) is 17.7 Å². The molecule has 11 heteroatoms. The Morgan fingerprint density at radius 1 is 1.17 bits per heavy atom. The molecule has 10 nitrogen and oxygen atoms in total. The number of hydrogen-bond acceptors (Lipinski definition) is 7. The van der Waals surface area contributed by atoms with Crippen LogP contribution in [0.3, 0.4) is 0 Å². The van der Waals surface area contributed by atoms with Gasteiger partial charge < -0.3 is 15.0 Å². The summed E-state index contributed by atoms with van der Waals surface area (Å²) in [5, 5.41) is 5.32. The van der Waals surface area contributed by atoms with E-state index in [1.54, 1.807) is 12.4 Å². The lowest BCUT2D eigenvalue weighted by Gasteiger charge is -2.25. The number of hydrogen-bond donors (Lipinski definition) is 3. The number of imidazole rings is 1. The summed E-state index contributed by atoms with van der Waals surface area (Å²) in [5.41, 5.74) is 3.30. The molecule has 4 heterocycles. The molecule has 2 amide bonds. The van der Waals surface area contributed by atoms with Crippen LogP contribution < -0.4 is 10.6 Å². The number of rotatable bonds is 6. The normalized spacial score (nSPS) is 14.2. The molecule has 0 saturated carbocycles. The number of aromatic nitrogens is 5. The highest BCUT2D eigenvalue weighted by Crippen LogP contribution is 2.33. The lowest BCUT2D eigenvalue weighted by Crippen LogP contribution is -2.36. The van der Waals surface area contributed by atoms with Crippen molar-refractivity contribution in [1.29, 1.82) is 0 Å². The molecule has 0 aliphatic carbocycles. The third kappa shape index (κ3) is 5.10. The van der Waals surface area contributed by atoms with Crippen LogP contribution in [-0.2, 0) is 11.3 Å². The van der Waals surface area contributed by atoms with Gasteiger partial charge in [-0.15, -0.1) is 0 Å². The minimum atomic E-state index is -0.468. The number of urea groups is 1. The second-order valence-electron chi connectivity index (χ2n) is 8.10. The molecule has 3 N–H and O–H groups in total. The zero-order valence-electron chi connectivity index (χ0n) is 19.2. The Hall–Kier alpha value is -3.96. The minimum absolute atomic E-state index is 0.167. The molecule has 1 aliphatic heterocycles. The van der Waals surface area contributed by atoms with E-state index in [1.165, 1.54) is 18.3 Å². The van der Waals surface area contributed by atoms with Gasteiger partial charge in [0.25, 0.3) is 0 Å². The van der Waals surface area contributed by atoms with Gasteiger partial charge in [-0.05, 0) is 36.8 Å². The van der Waals surface area contributed by atoms with E-state index >= 15 is 0 Å².